The maximum absolute atomic E-state index is 13.2. The highest BCUT2D eigenvalue weighted by Gasteiger charge is 2.45. The molecule has 0 saturated carbocycles. The molecule has 10 unspecified atom stereocenters. The zero-order valence-corrected chi connectivity index (χ0v) is 28.4. The number of carbonyl (C=O) groups excluding carboxylic acids is 2. The number of likely N-dealkylation sites (N-methyl/N-ethyl adjacent to an activating group) is 1. The van der Waals surface area contributed by atoms with Crippen LogP contribution in [0.4, 0.5) is 4.79 Å². The van der Waals surface area contributed by atoms with Gasteiger partial charge in [0.25, 0.3) is 0 Å². The van der Waals surface area contributed by atoms with Crippen molar-refractivity contribution in [2.45, 2.75) is 122 Å². The van der Waals surface area contributed by atoms with E-state index in [1.54, 1.807) is 17.9 Å². The Balaban J connectivity index is 1.72. The quantitative estimate of drug-likeness (QED) is 0.148. The van der Waals surface area contributed by atoms with Crippen LogP contribution in [0.2, 0.25) is 0 Å². The van der Waals surface area contributed by atoms with Gasteiger partial charge < -0.3 is 39.3 Å². The fourth-order valence-electron chi connectivity index (χ4n) is 6.20. The van der Waals surface area contributed by atoms with E-state index in [2.05, 4.69) is 17.9 Å². The third-order valence-corrected chi connectivity index (χ3v) is 9.55. The molecule has 0 bridgehead atoms. The predicted molar refractivity (Wildman–Crippen MR) is 173 cm³/mol. The van der Waals surface area contributed by atoms with Gasteiger partial charge in [0.15, 0.2) is 6.10 Å². The SMILES string of the molecule is CCC(O)C(C)C1OC1CC(C)C=CC=C(C)C1OC(=O)CC(O)CCC(C)(O)C(OC(=O)N2CCCN(C)CC2)C=CC1C. The number of rotatable bonds is 9. The summed E-state index contributed by atoms with van der Waals surface area (Å²) in [6.07, 6.45) is 8.88. The van der Waals surface area contributed by atoms with Crippen LogP contribution >= 0.6 is 0 Å². The minimum atomic E-state index is -1.45. The van der Waals surface area contributed by atoms with E-state index in [1.807, 2.05) is 53.0 Å². The summed E-state index contributed by atoms with van der Waals surface area (Å²) in [5.41, 5.74) is -0.626. The molecule has 10 nitrogen and oxygen atoms in total. The number of allylic oxidation sites excluding steroid dienone is 3. The molecule has 0 aromatic heterocycles. The fraction of sp³-hybridized carbons (Fsp3) is 0.771. The van der Waals surface area contributed by atoms with Crippen molar-refractivity contribution in [2.75, 3.05) is 33.2 Å². The van der Waals surface area contributed by atoms with E-state index in [0.717, 1.165) is 31.5 Å². The molecule has 3 N–H and O–H groups in total. The number of cyclic esters (lactones) is 1. The lowest BCUT2D eigenvalue weighted by atomic mass is 9.88. The molecule has 0 aromatic rings. The second-order valence-electron chi connectivity index (χ2n) is 13.8. The zero-order valence-electron chi connectivity index (χ0n) is 28.4. The van der Waals surface area contributed by atoms with Gasteiger partial charge in [0.2, 0.25) is 0 Å². The van der Waals surface area contributed by atoms with Crippen LogP contribution in [0.15, 0.2) is 36.0 Å². The lowest BCUT2D eigenvalue weighted by Crippen LogP contribution is -2.45. The van der Waals surface area contributed by atoms with Crippen LogP contribution in [0.25, 0.3) is 0 Å². The molecule has 3 aliphatic rings. The van der Waals surface area contributed by atoms with Crippen molar-refractivity contribution in [3.8, 4) is 0 Å². The van der Waals surface area contributed by atoms with Gasteiger partial charge >= 0.3 is 12.1 Å². The maximum atomic E-state index is 13.2. The first-order valence-corrected chi connectivity index (χ1v) is 16.8. The van der Waals surface area contributed by atoms with E-state index in [0.29, 0.717) is 19.5 Å². The Labute approximate surface area is 270 Å². The molecular formula is C35H58N2O8. The third kappa shape index (κ3) is 11.5. The zero-order chi connectivity index (χ0) is 33.3. The van der Waals surface area contributed by atoms with Crippen molar-refractivity contribution in [3.63, 3.8) is 0 Å². The van der Waals surface area contributed by atoms with Gasteiger partial charge in [-0.3, -0.25) is 4.79 Å². The summed E-state index contributed by atoms with van der Waals surface area (Å²) >= 11 is 0. The average Bonchev–Trinajstić information content (AvgIpc) is 3.78. The van der Waals surface area contributed by atoms with E-state index in [-0.39, 0.29) is 55.3 Å². The van der Waals surface area contributed by atoms with Crippen LogP contribution in [0, 0.1) is 17.8 Å². The van der Waals surface area contributed by atoms with Crippen molar-refractivity contribution in [3.05, 3.63) is 36.0 Å². The minimum absolute atomic E-state index is 0.0987. The number of carbonyl (C=O) groups is 2. The number of ether oxygens (including phenoxy) is 3. The van der Waals surface area contributed by atoms with Crippen LogP contribution in [-0.4, -0.2) is 113 Å². The molecule has 1 amide bonds. The Kier molecular flexibility index (Phi) is 14.1. The molecule has 45 heavy (non-hydrogen) atoms. The van der Waals surface area contributed by atoms with Gasteiger partial charge in [-0.1, -0.05) is 52.0 Å². The predicted octanol–water partition coefficient (Wildman–Crippen LogP) is 4.23. The number of esters is 1. The van der Waals surface area contributed by atoms with E-state index in [9.17, 15) is 24.9 Å². The molecule has 256 valence electrons. The number of hydrogen-bond donors (Lipinski definition) is 3. The molecule has 10 heteroatoms. The second kappa shape index (κ2) is 17.1. The molecule has 10 atom stereocenters. The summed E-state index contributed by atoms with van der Waals surface area (Å²) in [7, 11) is 2.03. The van der Waals surface area contributed by atoms with Gasteiger partial charge in [0, 0.05) is 31.5 Å². The van der Waals surface area contributed by atoms with Crippen molar-refractivity contribution < 1.29 is 39.1 Å². The summed E-state index contributed by atoms with van der Waals surface area (Å²) in [5, 5.41) is 32.1. The first kappa shape index (κ1) is 37.2. The monoisotopic (exact) mass is 634 g/mol. The van der Waals surface area contributed by atoms with Crippen LogP contribution in [0.5, 0.6) is 0 Å². The molecule has 0 aliphatic carbocycles. The first-order valence-electron chi connectivity index (χ1n) is 16.8. The standard InChI is InChI=1S/C35H58N2O8/c1-8-28(39)26(5)33-29(43-33)21-23(2)11-9-12-24(3)32-25(4)13-14-30(35(6,42)16-15-27(38)22-31(40)45-32)44-34(41)37-18-10-17-36(7)19-20-37/h9,11-14,23,25-30,32-33,38-39,42H,8,10,15-22H2,1-7H3. The highest BCUT2D eigenvalue weighted by molar-refractivity contribution is 5.70. The van der Waals surface area contributed by atoms with E-state index in [4.69, 9.17) is 14.2 Å². The molecule has 3 aliphatic heterocycles. The number of amides is 1. The molecule has 0 aromatic carbocycles. The van der Waals surface area contributed by atoms with Crippen LogP contribution in [0.3, 0.4) is 0 Å². The van der Waals surface area contributed by atoms with Crippen LogP contribution in [0.1, 0.15) is 80.1 Å². The van der Waals surface area contributed by atoms with Crippen molar-refractivity contribution >= 4 is 12.1 Å². The molecule has 3 rings (SSSR count). The van der Waals surface area contributed by atoms with Gasteiger partial charge in [0.1, 0.15) is 11.7 Å². The smallest absolute Gasteiger partial charge is 0.410 e. The number of hydrogen-bond acceptors (Lipinski definition) is 9. The minimum Gasteiger partial charge on any atom is -0.457 e. The highest BCUT2D eigenvalue weighted by atomic mass is 16.6. The number of aliphatic hydroxyl groups is 3. The van der Waals surface area contributed by atoms with Gasteiger partial charge in [-0.25, -0.2) is 4.79 Å². The summed E-state index contributed by atoms with van der Waals surface area (Å²) in [4.78, 5) is 29.8. The van der Waals surface area contributed by atoms with Crippen LogP contribution in [-0.2, 0) is 19.0 Å². The Hall–Kier alpha value is -2.24. The molecule has 2 saturated heterocycles. The Bertz CT molecular complexity index is 1060. The summed E-state index contributed by atoms with van der Waals surface area (Å²) in [5.74, 6) is -0.440. The summed E-state index contributed by atoms with van der Waals surface area (Å²) < 4.78 is 17.6. The normalized spacial score (nSPS) is 34.7. The highest BCUT2D eigenvalue weighted by Crippen LogP contribution is 2.36. The van der Waals surface area contributed by atoms with E-state index < -0.39 is 36.0 Å². The Morgan fingerprint density at radius 1 is 1.22 bits per heavy atom. The number of nitrogens with zero attached hydrogens (tertiary/aromatic N) is 2. The van der Waals surface area contributed by atoms with Gasteiger partial charge in [-0.2, -0.15) is 0 Å². The topological polar surface area (TPSA) is 132 Å². The molecule has 2 fully saturated rings. The lowest BCUT2D eigenvalue weighted by Gasteiger charge is -2.34. The van der Waals surface area contributed by atoms with Gasteiger partial charge in [-0.05, 0) is 77.1 Å². The van der Waals surface area contributed by atoms with Crippen molar-refractivity contribution in [1.29, 1.82) is 0 Å². The Morgan fingerprint density at radius 2 is 1.96 bits per heavy atom. The average molecular weight is 635 g/mol. The maximum Gasteiger partial charge on any atom is 0.410 e. The molecule has 0 radical (unpaired) electrons. The molecule has 3 heterocycles. The number of aliphatic hydroxyl groups excluding tert-OH is 2. The second-order valence-corrected chi connectivity index (χ2v) is 13.8. The van der Waals surface area contributed by atoms with E-state index >= 15 is 0 Å². The van der Waals surface area contributed by atoms with Gasteiger partial charge in [-0.15, -0.1) is 0 Å². The van der Waals surface area contributed by atoms with E-state index in [1.165, 1.54) is 0 Å². The molecule has 0 spiro atoms. The molecular weight excluding hydrogens is 576 g/mol. The largest absolute Gasteiger partial charge is 0.457 e. The van der Waals surface area contributed by atoms with Crippen molar-refractivity contribution in [1.82, 2.24) is 9.80 Å². The third-order valence-electron chi connectivity index (χ3n) is 9.55. The number of epoxide rings is 1. The first-order chi connectivity index (χ1) is 21.2. The van der Waals surface area contributed by atoms with Crippen LogP contribution < -0.4 is 0 Å². The summed E-state index contributed by atoms with van der Waals surface area (Å²) in [6.45, 7) is 14.3. The van der Waals surface area contributed by atoms with Gasteiger partial charge in [0.05, 0.1) is 30.8 Å². The van der Waals surface area contributed by atoms with Crippen molar-refractivity contribution in [2.24, 2.45) is 17.8 Å². The summed E-state index contributed by atoms with van der Waals surface area (Å²) in [6, 6.07) is 0. The Morgan fingerprint density at radius 3 is 2.67 bits per heavy atom. The lowest BCUT2D eigenvalue weighted by molar-refractivity contribution is -0.151. The fourth-order valence-corrected chi connectivity index (χ4v) is 6.20.